The van der Waals surface area contributed by atoms with Crippen LogP contribution in [0.15, 0.2) is 170 Å². The summed E-state index contributed by atoms with van der Waals surface area (Å²) < 4.78 is 2.43. The SMILES string of the molecule is c1ccc(-c2cc(-c3ccc(-c4ccc(-n5c6cccc7c6c6c8c-7cccc8ccc65)cc4)cc3)cc(-c3ccccc3)n2)cc1. The Labute approximate surface area is 272 Å². The van der Waals surface area contributed by atoms with Crippen molar-refractivity contribution in [2.24, 2.45) is 0 Å². The van der Waals surface area contributed by atoms with E-state index in [0.29, 0.717) is 0 Å². The van der Waals surface area contributed by atoms with Crippen LogP contribution in [0.1, 0.15) is 0 Å². The average Bonchev–Trinajstić information content (AvgIpc) is 3.68. The van der Waals surface area contributed by atoms with Gasteiger partial charge in [-0.25, -0.2) is 4.98 Å². The quantitative estimate of drug-likeness (QED) is 0.193. The predicted molar refractivity (Wildman–Crippen MR) is 197 cm³/mol. The first-order valence-corrected chi connectivity index (χ1v) is 16.1. The zero-order valence-corrected chi connectivity index (χ0v) is 25.6. The van der Waals surface area contributed by atoms with Gasteiger partial charge in [0.15, 0.2) is 0 Å². The second-order valence-electron chi connectivity index (χ2n) is 12.4. The van der Waals surface area contributed by atoms with Gasteiger partial charge in [0.25, 0.3) is 0 Å². The molecule has 2 heterocycles. The summed E-state index contributed by atoms with van der Waals surface area (Å²) in [7, 11) is 0. The van der Waals surface area contributed by atoms with Gasteiger partial charge in [-0.05, 0) is 80.6 Å². The van der Waals surface area contributed by atoms with E-state index in [2.05, 4.69) is 162 Å². The Morgan fingerprint density at radius 2 is 0.872 bits per heavy atom. The summed E-state index contributed by atoms with van der Waals surface area (Å²) >= 11 is 0. The molecule has 0 saturated heterocycles. The topological polar surface area (TPSA) is 17.8 Å². The molecule has 9 aromatic rings. The van der Waals surface area contributed by atoms with E-state index in [-0.39, 0.29) is 0 Å². The second kappa shape index (κ2) is 10.1. The number of hydrogen-bond donors (Lipinski definition) is 0. The Bertz CT molecular complexity index is 2570. The fourth-order valence-corrected chi connectivity index (χ4v) is 7.52. The van der Waals surface area contributed by atoms with Gasteiger partial charge in [-0.15, -0.1) is 0 Å². The number of aromatic nitrogens is 2. The molecule has 0 radical (unpaired) electrons. The molecule has 0 unspecified atom stereocenters. The zero-order valence-electron chi connectivity index (χ0n) is 25.6. The van der Waals surface area contributed by atoms with Crippen LogP contribution in [0.25, 0.3) is 94.2 Å². The Hall–Kier alpha value is -6.25. The van der Waals surface area contributed by atoms with Gasteiger partial charge < -0.3 is 4.57 Å². The van der Waals surface area contributed by atoms with Crippen molar-refractivity contribution in [2.45, 2.75) is 0 Å². The van der Waals surface area contributed by atoms with Gasteiger partial charge in [-0.1, -0.05) is 133 Å². The van der Waals surface area contributed by atoms with E-state index in [0.717, 1.165) is 28.1 Å². The number of nitrogens with zero attached hydrogens (tertiary/aromatic N) is 2. The lowest BCUT2D eigenvalue weighted by Crippen LogP contribution is -1.95. The normalized spacial score (nSPS) is 11.8. The van der Waals surface area contributed by atoms with Crippen LogP contribution in [-0.4, -0.2) is 9.55 Å². The minimum Gasteiger partial charge on any atom is -0.309 e. The van der Waals surface area contributed by atoms with E-state index in [1.807, 2.05) is 12.1 Å². The van der Waals surface area contributed by atoms with Crippen LogP contribution >= 0.6 is 0 Å². The van der Waals surface area contributed by atoms with Gasteiger partial charge in [-0.2, -0.15) is 0 Å². The fourth-order valence-electron chi connectivity index (χ4n) is 7.52. The monoisotopic (exact) mass is 596 g/mol. The number of rotatable bonds is 5. The van der Waals surface area contributed by atoms with E-state index in [9.17, 15) is 0 Å². The number of pyridine rings is 1. The zero-order chi connectivity index (χ0) is 30.9. The smallest absolute Gasteiger partial charge is 0.0715 e. The Kier molecular flexibility index (Phi) is 5.61. The highest BCUT2D eigenvalue weighted by atomic mass is 15.0. The van der Waals surface area contributed by atoms with Gasteiger partial charge in [0, 0.05) is 27.6 Å². The van der Waals surface area contributed by atoms with Crippen LogP contribution in [-0.2, 0) is 0 Å². The van der Waals surface area contributed by atoms with Crippen molar-refractivity contribution in [2.75, 3.05) is 0 Å². The number of hydrogen-bond acceptors (Lipinski definition) is 1. The molecule has 0 saturated carbocycles. The third kappa shape index (κ3) is 4.02. The van der Waals surface area contributed by atoms with Gasteiger partial charge in [0.1, 0.15) is 0 Å². The Balaban J connectivity index is 1.02. The van der Waals surface area contributed by atoms with Crippen LogP contribution in [0.4, 0.5) is 0 Å². The van der Waals surface area contributed by atoms with Crippen LogP contribution < -0.4 is 0 Å². The van der Waals surface area contributed by atoms with Crippen molar-refractivity contribution < 1.29 is 0 Å². The maximum Gasteiger partial charge on any atom is 0.0715 e. The molecule has 47 heavy (non-hydrogen) atoms. The lowest BCUT2D eigenvalue weighted by molar-refractivity contribution is 1.18. The molecular weight excluding hydrogens is 569 g/mol. The minimum atomic E-state index is 0.975. The molecule has 1 aliphatic rings. The highest BCUT2D eigenvalue weighted by Gasteiger charge is 2.24. The van der Waals surface area contributed by atoms with Gasteiger partial charge in [-0.3, -0.25) is 0 Å². The highest BCUT2D eigenvalue weighted by Crippen LogP contribution is 2.49. The maximum absolute atomic E-state index is 5.05. The molecule has 1 aliphatic carbocycles. The van der Waals surface area contributed by atoms with Crippen molar-refractivity contribution in [3.8, 4) is 61.6 Å². The summed E-state index contributed by atoms with van der Waals surface area (Å²) in [5.74, 6) is 0. The third-order valence-electron chi connectivity index (χ3n) is 9.73. The molecule has 10 rings (SSSR count). The fraction of sp³-hybridized carbons (Fsp3) is 0. The maximum atomic E-state index is 5.05. The summed E-state index contributed by atoms with van der Waals surface area (Å²) in [6.45, 7) is 0. The molecule has 2 aromatic heterocycles. The van der Waals surface area contributed by atoms with E-state index >= 15 is 0 Å². The molecule has 218 valence electrons. The first-order valence-electron chi connectivity index (χ1n) is 16.1. The van der Waals surface area contributed by atoms with Gasteiger partial charge in [0.2, 0.25) is 0 Å². The lowest BCUT2D eigenvalue weighted by Gasteiger charge is -2.13. The molecule has 0 amide bonds. The number of fused-ring (bicyclic) bond motifs is 1. The van der Waals surface area contributed by atoms with E-state index in [1.165, 1.54) is 66.1 Å². The van der Waals surface area contributed by atoms with Crippen LogP contribution in [0, 0.1) is 0 Å². The van der Waals surface area contributed by atoms with Crippen molar-refractivity contribution in [3.63, 3.8) is 0 Å². The molecule has 0 fully saturated rings. The average molecular weight is 597 g/mol. The van der Waals surface area contributed by atoms with Gasteiger partial charge in [0.05, 0.1) is 22.4 Å². The third-order valence-corrected chi connectivity index (χ3v) is 9.73. The largest absolute Gasteiger partial charge is 0.309 e. The standard InChI is InChI=1S/C45H28N2/c1-3-9-32(10-4-1)39-27-35(28-40(46-39)33-11-5-2-6-12-33)31-19-17-29(18-20-31)30-21-24-36(25-22-30)47-41-16-8-15-38-37-14-7-13-34-23-26-42(47)45(43(34)37)44(38)41/h1-28H. The summed E-state index contributed by atoms with van der Waals surface area (Å²) in [5, 5.41) is 5.44. The highest BCUT2D eigenvalue weighted by molar-refractivity contribution is 6.33. The summed E-state index contributed by atoms with van der Waals surface area (Å²) in [6, 6.07) is 61.1. The lowest BCUT2D eigenvalue weighted by atomic mass is 9.97. The molecule has 2 nitrogen and oxygen atoms in total. The van der Waals surface area contributed by atoms with Crippen LogP contribution in [0.2, 0.25) is 0 Å². The molecule has 0 bridgehead atoms. The molecule has 0 spiro atoms. The number of benzene rings is 7. The first kappa shape index (κ1) is 26.0. The summed E-state index contributed by atoms with van der Waals surface area (Å²) in [4.78, 5) is 5.05. The van der Waals surface area contributed by atoms with Crippen molar-refractivity contribution in [3.05, 3.63) is 170 Å². The van der Waals surface area contributed by atoms with Crippen LogP contribution in [0.3, 0.4) is 0 Å². The Morgan fingerprint density at radius 1 is 0.340 bits per heavy atom. The summed E-state index contributed by atoms with van der Waals surface area (Å²) in [6.07, 6.45) is 0. The van der Waals surface area contributed by atoms with E-state index < -0.39 is 0 Å². The van der Waals surface area contributed by atoms with Crippen molar-refractivity contribution >= 4 is 32.6 Å². The van der Waals surface area contributed by atoms with Crippen molar-refractivity contribution in [1.29, 1.82) is 0 Å². The molecule has 0 atom stereocenters. The summed E-state index contributed by atoms with van der Waals surface area (Å²) in [5.41, 5.74) is 15.3. The molecule has 0 aliphatic heterocycles. The second-order valence-corrected chi connectivity index (χ2v) is 12.4. The van der Waals surface area contributed by atoms with Gasteiger partial charge >= 0.3 is 0 Å². The molecule has 7 aromatic carbocycles. The molecular formula is C45H28N2. The van der Waals surface area contributed by atoms with Crippen LogP contribution in [0.5, 0.6) is 0 Å². The van der Waals surface area contributed by atoms with Crippen molar-refractivity contribution in [1.82, 2.24) is 9.55 Å². The molecule has 0 N–H and O–H groups in total. The van der Waals surface area contributed by atoms with E-state index in [1.54, 1.807) is 0 Å². The van der Waals surface area contributed by atoms with E-state index in [4.69, 9.17) is 4.98 Å². The molecule has 2 heteroatoms. The Morgan fingerprint density at radius 3 is 1.51 bits per heavy atom. The first-order chi connectivity index (χ1) is 23.3. The minimum absolute atomic E-state index is 0.975. The predicted octanol–water partition coefficient (Wildman–Crippen LogP) is 12.0.